The predicted molar refractivity (Wildman–Crippen MR) is 121 cm³/mol. The van der Waals surface area contributed by atoms with Crippen molar-refractivity contribution in [3.8, 4) is 0 Å². The van der Waals surface area contributed by atoms with Crippen LogP contribution >= 0.6 is 0 Å². The minimum absolute atomic E-state index is 0.0443. The molecule has 3 N–H and O–H groups in total. The van der Waals surface area contributed by atoms with Crippen LogP contribution in [0, 0.1) is 0 Å². The van der Waals surface area contributed by atoms with E-state index in [1.807, 2.05) is 79.7 Å². The maximum absolute atomic E-state index is 12.2. The summed E-state index contributed by atoms with van der Waals surface area (Å²) >= 11 is 0. The van der Waals surface area contributed by atoms with Crippen LogP contribution in [0.25, 0.3) is 0 Å². The number of carbonyl (C=O) groups excluding carboxylic acids is 2. The number of hydrogen-bond acceptors (Lipinski definition) is 2. The molecule has 0 aliphatic rings. The van der Waals surface area contributed by atoms with E-state index in [0.717, 1.165) is 24.1 Å². The molecule has 0 aliphatic heterocycles. The number of hydrogen-bond donors (Lipinski definition) is 3. The molecule has 0 aromatic heterocycles. The van der Waals surface area contributed by atoms with Crippen LogP contribution in [0.1, 0.15) is 36.9 Å². The van der Waals surface area contributed by atoms with Crippen LogP contribution in [-0.2, 0) is 11.2 Å². The van der Waals surface area contributed by atoms with Gasteiger partial charge in [0.2, 0.25) is 5.91 Å². The second-order valence-electron chi connectivity index (χ2n) is 7.20. The molecule has 30 heavy (non-hydrogen) atoms. The molecular weight excluding hydrogens is 374 g/mol. The molecule has 5 heteroatoms. The quantitative estimate of drug-likeness (QED) is 0.464. The second-order valence-corrected chi connectivity index (χ2v) is 7.20. The zero-order valence-corrected chi connectivity index (χ0v) is 17.1. The largest absolute Gasteiger partial charge is 0.350 e. The standard InChI is InChI=1S/C25H27N3O2/c1-19(26-24(29)14-8-11-20-9-4-2-5-10-20)21-15-17-23(18-16-21)28-25(30)27-22-12-6-3-7-13-22/h2-7,9-10,12-13,15-19H,8,11,14H2,1H3,(H,26,29)(H2,27,28,30). The molecule has 0 fully saturated rings. The number of urea groups is 1. The highest BCUT2D eigenvalue weighted by Crippen LogP contribution is 2.17. The lowest BCUT2D eigenvalue weighted by molar-refractivity contribution is -0.121. The Morgan fingerprint density at radius 3 is 1.97 bits per heavy atom. The number of carbonyl (C=O) groups is 2. The summed E-state index contributed by atoms with van der Waals surface area (Å²) < 4.78 is 0. The summed E-state index contributed by atoms with van der Waals surface area (Å²) in [5.41, 5.74) is 3.65. The Hall–Kier alpha value is -3.60. The summed E-state index contributed by atoms with van der Waals surface area (Å²) in [5.74, 6) is 0.0443. The highest BCUT2D eigenvalue weighted by molar-refractivity contribution is 5.99. The number of anilines is 2. The van der Waals surface area contributed by atoms with E-state index in [0.29, 0.717) is 12.1 Å². The Bertz CT molecular complexity index is 941. The Morgan fingerprint density at radius 2 is 1.33 bits per heavy atom. The lowest BCUT2D eigenvalue weighted by Gasteiger charge is -2.15. The first kappa shape index (κ1) is 21.1. The molecule has 0 radical (unpaired) electrons. The molecule has 0 spiro atoms. The number of rotatable bonds is 8. The van der Waals surface area contributed by atoms with Crippen molar-refractivity contribution in [1.29, 1.82) is 0 Å². The van der Waals surface area contributed by atoms with Gasteiger partial charge in [-0.25, -0.2) is 4.79 Å². The third-order valence-electron chi connectivity index (χ3n) is 4.79. The molecular formula is C25H27N3O2. The molecule has 0 heterocycles. The van der Waals surface area contributed by atoms with Crippen molar-refractivity contribution in [1.82, 2.24) is 5.32 Å². The molecule has 1 atom stereocenters. The van der Waals surface area contributed by atoms with Crippen LogP contribution in [0.2, 0.25) is 0 Å². The lowest BCUT2D eigenvalue weighted by Crippen LogP contribution is -2.26. The third kappa shape index (κ3) is 6.78. The van der Waals surface area contributed by atoms with Crippen molar-refractivity contribution >= 4 is 23.3 Å². The molecule has 3 rings (SSSR count). The monoisotopic (exact) mass is 401 g/mol. The SMILES string of the molecule is CC(NC(=O)CCCc1ccccc1)c1ccc(NC(=O)Nc2ccccc2)cc1. The van der Waals surface area contributed by atoms with Gasteiger partial charge in [-0.3, -0.25) is 4.79 Å². The summed E-state index contributed by atoms with van der Waals surface area (Å²) in [4.78, 5) is 24.3. The van der Waals surface area contributed by atoms with Crippen LogP contribution in [0.3, 0.4) is 0 Å². The van der Waals surface area contributed by atoms with Crippen LogP contribution in [0.4, 0.5) is 16.2 Å². The van der Waals surface area contributed by atoms with Crippen molar-refractivity contribution in [2.75, 3.05) is 10.6 Å². The predicted octanol–water partition coefficient (Wildman–Crippen LogP) is 5.53. The highest BCUT2D eigenvalue weighted by atomic mass is 16.2. The number of benzene rings is 3. The molecule has 3 aromatic carbocycles. The van der Waals surface area contributed by atoms with Gasteiger partial charge < -0.3 is 16.0 Å². The fourth-order valence-electron chi connectivity index (χ4n) is 3.16. The summed E-state index contributed by atoms with van der Waals surface area (Å²) in [6.07, 6.45) is 2.22. The van der Waals surface area contributed by atoms with Crippen LogP contribution in [0.15, 0.2) is 84.9 Å². The Balaban J connectivity index is 1.43. The Morgan fingerprint density at radius 1 is 0.767 bits per heavy atom. The van der Waals surface area contributed by atoms with Gasteiger partial charge in [0.25, 0.3) is 0 Å². The molecule has 3 aromatic rings. The van der Waals surface area contributed by atoms with Gasteiger partial charge in [0, 0.05) is 17.8 Å². The molecule has 154 valence electrons. The maximum atomic E-state index is 12.2. The van der Waals surface area contributed by atoms with Gasteiger partial charge in [-0.15, -0.1) is 0 Å². The van der Waals surface area contributed by atoms with Crippen LogP contribution < -0.4 is 16.0 Å². The first-order valence-electron chi connectivity index (χ1n) is 10.2. The summed E-state index contributed by atoms with van der Waals surface area (Å²) in [6, 6.07) is 26.5. The highest BCUT2D eigenvalue weighted by Gasteiger charge is 2.10. The Kier molecular flexibility index (Phi) is 7.61. The summed E-state index contributed by atoms with van der Waals surface area (Å²) in [5, 5.41) is 8.62. The van der Waals surface area contributed by atoms with Crippen molar-refractivity contribution in [2.45, 2.75) is 32.2 Å². The number of para-hydroxylation sites is 1. The zero-order chi connectivity index (χ0) is 21.2. The van der Waals surface area contributed by atoms with Gasteiger partial charge in [0.05, 0.1) is 6.04 Å². The fourth-order valence-corrected chi connectivity index (χ4v) is 3.16. The van der Waals surface area contributed by atoms with Gasteiger partial charge in [-0.2, -0.15) is 0 Å². The molecule has 0 aliphatic carbocycles. The first-order chi connectivity index (χ1) is 14.6. The maximum Gasteiger partial charge on any atom is 0.323 e. The van der Waals surface area contributed by atoms with Crippen LogP contribution in [-0.4, -0.2) is 11.9 Å². The topological polar surface area (TPSA) is 70.2 Å². The average molecular weight is 402 g/mol. The Labute approximate surface area is 177 Å². The molecule has 0 bridgehead atoms. The molecule has 1 unspecified atom stereocenters. The molecule has 0 saturated heterocycles. The van der Waals surface area contributed by atoms with Crippen molar-refractivity contribution in [3.63, 3.8) is 0 Å². The minimum Gasteiger partial charge on any atom is -0.350 e. The molecule has 5 nitrogen and oxygen atoms in total. The van der Waals surface area contributed by atoms with E-state index in [-0.39, 0.29) is 18.0 Å². The van der Waals surface area contributed by atoms with E-state index in [2.05, 4.69) is 28.1 Å². The fraction of sp³-hybridized carbons (Fsp3) is 0.200. The number of amides is 3. The average Bonchev–Trinajstić information content (AvgIpc) is 2.75. The van der Waals surface area contributed by atoms with Gasteiger partial charge in [0.15, 0.2) is 0 Å². The van der Waals surface area contributed by atoms with Crippen molar-refractivity contribution in [2.24, 2.45) is 0 Å². The van der Waals surface area contributed by atoms with E-state index < -0.39 is 0 Å². The van der Waals surface area contributed by atoms with E-state index >= 15 is 0 Å². The first-order valence-corrected chi connectivity index (χ1v) is 10.2. The lowest BCUT2D eigenvalue weighted by atomic mass is 10.1. The molecule has 3 amide bonds. The molecule has 0 saturated carbocycles. The van der Waals surface area contributed by atoms with Gasteiger partial charge >= 0.3 is 6.03 Å². The van der Waals surface area contributed by atoms with E-state index in [4.69, 9.17) is 0 Å². The van der Waals surface area contributed by atoms with Crippen LogP contribution in [0.5, 0.6) is 0 Å². The normalized spacial score (nSPS) is 11.4. The summed E-state index contributed by atoms with van der Waals surface area (Å²) in [6.45, 7) is 1.96. The van der Waals surface area contributed by atoms with E-state index in [9.17, 15) is 9.59 Å². The smallest absolute Gasteiger partial charge is 0.323 e. The number of nitrogens with one attached hydrogen (secondary N) is 3. The number of aryl methyl sites for hydroxylation is 1. The zero-order valence-electron chi connectivity index (χ0n) is 17.1. The minimum atomic E-state index is -0.297. The van der Waals surface area contributed by atoms with Gasteiger partial charge in [0.1, 0.15) is 0 Å². The second kappa shape index (κ2) is 10.8. The van der Waals surface area contributed by atoms with Gasteiger partial charge in [-0.1, -0.05) is 60.7 Å². The van der Waals surface area contributed by atoms with Gasteiger partial charge in [-0.05, 0) is 55.2 Å². The van der Waals surface area contributed by atoms with E-state index in [1.165, 1.54) is 5.56 Å². The summed E-state index contributed by atoms with van der Waals surface area (Å²) in [7, 11) is 0. The van der Waals surface area contributed by atoms with E-state index in [1.54, 1.807) is 0 Å². The van der Waals surface area contributed by atoms with Crippen molar-refractivity contribution in [3.05, 3.63) is 96.1 Å². The van der Waals surface area contributed by atoms with Crippen molar-refractivity contribution < 1.29 is 9.59 Å². The third-order valence-corrected chi connectivity index (χ3v) is 4.79.